The van der Waals surface area contributed by atoms with Crippen molar-refractivity contribution in [2.75, 3.05) is 6.54 Å². The first-order valence-corrected chi connectivity index (χ1v) is 12.5. The lowest BCUT2D eigenvalue weighted by Crippen LogP contribution is -2.14. The zero-order chi connectivity index (χ0) is 19.1. The van der Waals surface area contributed by atoms with E-state index in [2.05, 4.69) is 13.8 Å². The Morgan fingerprint density at radius 2 is 0.692 bits per heavy atom. The van der Waals surface area contributed by atoms with Crippen LogP contribution in [-0.2, 0) is 0 Å². The second-order valence-corrected chi connectivity index (χ2v) is 8.69. The number of unbranched alkanes of at least 4 members (excludes halogenated alkanes) is 17. The van der Waals surface area contributed by atoms with Crippen LogP contribution in [0.3, 0.4) is 0 Å². The van der Waals surface area contributed by atoms with E-state index < -0.39 is 0 Å². The van der Waals surface area contributed by atoms with Crippen molar-refractivity contribution in [3.05, 3.63) is 0 Å². The van der Waals surface area contributed by atoms with Crippen molar-refractivity contribution < 1.29 is 0 Å². The molecule has 0 bridgehead atoms. The lowest BCUT2D eigenvalue weighted by Gasteiger charge is -2.14. The highest BCUT2D eigenvalue weighted by Gasteiger charge is 2.06. The van der Waals surface area contributed by atoms with E-state index in [-0.39, 0.29) is 0 Å². The maximum Gasteiger partial charge on any atom is -0.00489 e. The van der Waals surface area contributed by atoms with Crippen LogP contribution in [0.15, 0.2) is 0 Å². The highest BCUT2D eigenvalue weighted by Crippen LogP contribution is 2.19. The molecule has 1 nitrogen and oxygen atoms in total. The van der Waals surface area contributed by atoms with Gasteiger partial charge in [-0.25, -0.2) is 0 Å². The minimum atomic E-state index is 0.800. The molecule has 1 heteroatoms. The summed E-state index contributed by atoms with van der Waals surface area (Å²) in [4.78, 5) is 0. The Hall–Kier alpha value is -0.0400. The summed E-state index contributed by atoms with van der Waals surface area (Å²) in [6, 6.07) is 0. The van der Waals surface area contributed by atoms with Crippen molar-refractivity contribution in [3.63, 3.8) is 0 Å². The Bertz CT molecular complexity index is 238. The van der Waals surface area contributed by atoms with Crippen molar-refractivity contribution >= 4 is 0 Å². The average Bonchev–Trinajstić information content (AvgIpc) is 2.66. The molecule has 0 amide bonds. The van der Waals surface area contributed by atoms with Gasteiger partial charge in [0.25, 0.3) is 0 Å². The zero-order valence-corrected chi connectivity index (χ0v) is 18.7. The number of hydrogen-bond donors (Lipinski definition) is 1. The zero-order valence-electron chi connectivity index (χ0n) is 18.7. The first-order valence-electron chi connectivity index (χ1n) is 12.5. The van der Waals surface area contributed by atoms with Gasteiger partial charge in [0, 0.05) is 0 Å². The van der Waals surface area contributed by atoms with Crippen molar-refractivity contribution in [1.29, 1.82) is 0 Å². The van der Waals surface area contributed by atoms with E-state index in [0.717, 1.165) is 12.5 Å². The monoisotopic (exact) mass is 367 g/mol. The number of hydrogen-bond acceptors (Lipinski definition) is 1. The van der Waals surface area contributed by atoms with Gasteiger partial charge in [0.05, 0.1) is 0 Å². The molecule has 0 radical (unpaired) electrons. The molecule has 0 aromatic rings. The van der Waals surface area contributed by atoms with E-state index >= 15 is 0 Å². The highest BCUT2D eigenvalue weighted by molar-refractivity contribution is 4.61. The molecule has 0 rings (SSSR count). The molecule has 0 aliphatic heterocycles. The van der Waals surface area contributed by atoms with Gasteiger partial charge in [-0.1, -0.05) is 136 Å². The van der Waals surface area contributed by atoms with Crippen LogP contribution in [0, 0.1) is 5.92 Å². The second kappa shape index (κ2) is 23.0. The third-order valence-corrected chi connectivity index (χ3v) is 6.02. The van der Waals surface area contributed by atoms with E-state index in [0.29, 0.717) is 0 Å². The summed E-state index contributed by atoms with van der Waals surface area (Å²) in [6.45, 7) is 5.50. The Morgan fingerprint density at radius 1 is 0.423 bits per heavy atom. The van der Waals surface area contributed by atoms with Crippen LogP contribution in [0.2, 0.25) is 0 Å². The van der Waals surface area contributed by atoms with E-state index in [1.165, 1.54) is 135 Å². The summed E-state index contributed by atoms with van der Waals surface area (Å²) in [5.74, 6) is 0.800. The molecule has 0 saturated heterocycles. The van der Waals surface area contributed by atoms with Crippen molar-refractivity contribution in [2.45, 2.75) is 149 Å². The summed E-state index contributed by atoms with van der Waals surface area (Å²) in [5, 5.41) is 0. The molecule has 0 aliphatic carbocycles. The first kappa shape index (κ1) is 26.0. The molecule has 26 heavy (non-hydrogen) atoms. The van der Waals surface area contributed by atoms with Crippen LogP contribution in [0.4, 0.5) is 0 Å². The first-order chi connectivity index (χ1) is 12.8. The summed E-state index contributed by atoms with van der Waals surface area (Å²) >= 11 is 0. The van der Waals surface area contributed by atoms with E-state index in [9.17, 15) is 0 Å². The van der Waals surface area contributed by atoms with Gasteiger partial charge < -0.3 is 5.73 Å². The van der Waals surface area contributed by atoms with Gasteiger partial charge in [-0.15, -0.1) is 0 Å². The van der Waals surface area contributed by atoms with Gasteiger partial charge in [-0.3, -0.25) is 0 Å². The van der Waals surface area contributed by atoms with Crippen molar-refractivity contribution in [1.82, 2.24) is 0 Å². The fourth-order valence-corrected chi connectivity index (χ4v) is 4.04. The van der Waals surface area contributed by atoms with E-state index in [1.807, 2.05) is 0 Å². The molecule has 0 aromatic carbocycles. The van der Waals surface area contributed by atoms with Gasteiger partial charge in [-0.2, -0.15) is 0 Å². The molecular weight excluding hydrogens is 314 g/mol. The van der Waals surface area contributed by atoms with Crippen LogP contribution in [-0.4, -0.2) is 6.54 Å². The van der Waals surface area contributed by atoms with E-state index in [4.69, 9.17) is 5.73 Å². The maximum absolute atomic E-state index is 6.00. The fourth-order valence-electron chi connectivity index (χ4n) is 4.04. The molecule has 0 fully saturated rings. The molecule has 0 spiro atoms. The minimum absolute atomic E-state index is 0.800. The lowest BCUT2D eigenvalue weighted by atomic mass is 9.94. The molecule has 0 aliphatic rings. The standard InChI is InChI=1S/C25H53N/c1-3-5-7-9-11-13-14-15-17-19-21-23-25(24-26)22-20-18-16-12-10-8-6-4-2/h25H,3-24,26H2,1-2H3. The molecule has 1 unspecified atom stereocenters. The molecule has 0 heterocycles. The number of rotatable bonds is 22. The third-order valence-electron chi connectivity index (χ3n) is 6.02. The topological polar surface area (TPSA) is 26.0 Å². The fraction of sp³-hybridized carbons (Fsp3) is 1.00. The van der Waals surface area contributed by atoms with Gasteiger partial charge in [0.15, 0.2) is 0 Å². The average molecular weight is 368 g/mol. The van der Waals surface area contributed by atoms with Crippen molar-refractivity contribution in [2.24, 2.45) is 11.7 Å². The molecule has 158 valence electrons. The predicted octanol–water partition coefficient (Wildman–Crippen LogP) is 8.79. The number of nitrogens with two attached hydrogens (primary N) is 1. The summed E-state index contributed by atoms with van der Waals surface area (Å²) in [6.07, 6.45) is 30.0. The summed E-state index contributed by atoms with van der Waals surface area (Å²) < 4.78 is 0. The molecule has 0 aromatic heterocycles. The normalized spacial score (nSPS) is 12.6. The minimum Gasteiger partial charge on any atom is -0.330 e. The molecule has 0 saturated carbocycles. The highest BCUT2D eigenvalue weighted by atomic mass is 14.5. The van der Waals surface area contributed by atoms with Gasteiger partial charge >= 0.3 is 0 Å². The summed E-state index contributed by atoms with van der Waals surface area (Å²) in [5.41, 5.74) is 6.00. The molecular formula is C25H53N. The third kappa shape index (κ3) is 20.3. The van der Waals surface area contributed by atoms with Crippen LogP contribution in [0.5, 0.6) is 0 Å². The van der Waals surface area contributed by atoms with Crippen molar-refractivity contribution in [3.8, 4) is 0 Å². The SMILES string of the molecule is CCCCCCCCCCCCCC(CN)CCCCCCCCCC. The van der Waals surface area contributed by atoms with Crippen LogP contribution in [0.25, 0.3) is 0 Å². The lowest BCUT2D eigenvalue weighted by molar-refractivity contribution is 0.409. The Balaban J connectivity index is 3.27. The largest absolute Gasteiger partial charge is 0.330 e. The Kier molecular flexibility index (Phi) is 23.0. The van der Waals surface area contributed by atoms with Crippen LogP contribution >= 0.6 is 0 Å². The maximum atomic E-state index is 6.00. The Labute approximate surface area is 167 Å². The van der Waals surface area contributed by atoms with Gasteiger partial charge in [0.2, 0.25) is 0 Å². The quantitative estimate of drug-likeness (QED) is 0.190. The molecule has 2 N–H and O–H groups in total. The summed E-state index contributed by atoms with van der Waals surface area (Å²) in [7, 11) is 0. The second-order valence-electron chi connectivity index (χ2n) is 8.69. The smallest absolute Gasteiger partial charge is 0.00489 e. The van der Waals surface area contributed by atoms with Crippen LogP contribution < -0.4 is 5.73 Å². The van der Waals surface area contributed by atoms with Crippen LogP contribution in [0.1, 0.15) is 149 Å². The molecule has 1 atom stereocenters. The van der Waals surface area contributed by atoms with Gasteiger partial charge in [0.1, 0.15) is 0 Å². The Morgan fingerprint density at radius 3 is 0.962 bits per heavy atom. The predicted molar refractivity (Wildman–Crippen MR) is 121 cm³/mol. The van der Waals surface area contributed by atoms with Gasteiger partial charge in [-0.05, 0) is 25.3 Å². The van der Waals surface area contributed by atoms with E-state index in [1.54, 1.807) is 0 Å².